The van der Waals surface area contributed by atoms with Crippen molar-refractivity contribution in [2.75, 3.05) is 5.32 Å². The van der Waals surface area contributed by atoms with E-state index < -0.39 is 0 Å². The van der Waals surface area contributed by atoms with Crippen LogP contribution >= 0.6 is 0 Å². The Labute approximate surface area is 168 Å². The Morgan fingerprint density at radius 1 is 1.24 bits per heavy atom. The van der Waals surface area contributed by atoms with E-state index in [4.69, 9.17) is 4.74 Å². The molecule has 0 aliphatic carbocycles. The van der Waals surface area contributed by atoms with E-state index in [0.717, 1.165) is 6.42 Å². The number of ether oxygens (including phenoxy) is 1. The van der Waals surface area contributed by atoms with Crippen LogP contribution in [0.1, 0.15) is 48.9 Å². The summed E-state index contributed by atoms with van der Waals surface area (Å²) in [5.74, 6) is 1.10. The fraction of sp³-hybridized carbons (Fsp3) is 0.333. The first-order valence-corrected chi connectivity index (χ1v) is 9.61. The van der Waals surface area contributed by atoms with Crippen molar-refractivity contribution in [1.82, 2.24) is 19.7 Å². The second-order valence-electron chi connectivity index (χ2n) is 7.04. The van der Waals surface area contributed by atoms with Crippen LogP contribution in [0.2, 0.25) is 0 Å². The molecule has 3 aromatic rings. The summed E-state index contributed by atoms with van der Waals surface area (Å²) in [7, 11) is 0. The maximum atomic E-state index is 12.7. The normalized spacial score (nSPS) is 10.9. The molecule has 152 valence electrons. The summed E-state index contributed by atoms with van der Waals surface area (Å²) in [5.41, 5.74) is 1.58. The van der Waals surface area contributed by atoms with Gasteiger partial charge in [0.1, 0.15) is 11.6 Å². The van der Waals surface area contributed by atoms with Crippen molar-refractivity contribution in [2.24, 2.45) is 0 Å². The summed E-state index contributed by atoms with van der Waals surface area (Å²) in [4.78, 5) is 31.8. The minimum absolute atomic E-state index is 0.0603. The molecule has 0 spiro atoms. The van der Waals surface area contributed by atoms with Crippen molar-refractivity contribution in [3.8, 4) is 11.7 Å². The number of aromatic amines is 1. The smallest absolute Gasteiger partial charge is 0.256 e. The first kappa shape index (κ1) is 20.3. The zero-order valence-electron chi connectivity index (χ0n) is 17.0. The third-order valence-electron chi connectivity index (χ3n) is 4.05. The third-order valence-corrected chi connectivity index (χ3v) is 4.05. The molecule has 0 unspecified atom stereocenters. The van der Waals surface area contributed by atoms with Gasteiger partial charge in [-0.05, 0) is 51.5 Å². The number of nitrogens with zero attached hydrogens (tertiary/aromatic N) is 3. The molecular formula is C21H25N5O3. The van der Waals surface area contributed by atoms with Gasteiger partial charge in [0.25, 0.3) is 11.5 Å². The van der Waals surface area contributed by atoms with Crippen LogP contribution in [0.15, 0.2) is 41.2 Å². The van der Waals surface area contributed by atoms with E-state index in [1.165, 1.54) is 10.7 Å². The molecule has 29 heavy (non-hydrogen) atoms. The summed E-state index contributed by atoms with van der Waals surface area (Å²) in [6.45, 7) is 7.71. The Balaban J connectivity index is 1.86. The van der Waals surface area contributed by atoms with E-state index in [0.29, 0.717) is 34.9 Å². The van der Waals surface area contributed by atoms with Crippen LogP contribution in [0.5, 0.6) is 5.75 Å². The molecule has 1 amide bonds. The van der Waals surface area contributed by atoms with Crippen molar-refractivity contribution >= 4 is 11.7 Å². The number of nitrogens with one attached hydrogen (secondary N) is 2. The quantitative estimate of drug-likeness (QED) is 0.639. The largest absolute Gasteiger partial charge is 0.491 e. The standard InChI is InChI=1S/C21H25N5O3/c1-5-6-16-12-19(27)24-21(22-16)26-18(11-14(4)25-26)23-20(28)15-7-9-17(10-8-15)29-13(2)3/h7-13H,5-6H2,1-4H3,(H,23,28)(H,22,24,27). The zero-order valence-corrected chi connectivity index (χ0v) is 17.0. The number of aryl methyl sites for hydroxylation is 2. The molecule has 8 nitrogen and oxygen atoms in total. The van der Waals surface area contributed by atoms with Crippen LogP contribution in [0.25, 0.3) is 5.95 Å². The lowest BCUT2D eigenvalue weighted by Gasteiger charge is -2.11. The number of H-pyrrole nitrogens is 1. The Morgan fingerprint density at radius 3 is 2.62 bits per heavy atom. The Morgan fingerprint density at radius 2 is 1.97 bits per heavy atom. The molecule has 0 aliphatic rings. The number of aromatic nitrogens is 4. The molecule has 0 fully saturated rings. The SMILES string of the molecule is CCCc1cc(=O)[nH]c(-n2nc(C)cc2NC(=O)c2ccc(OC(C)C)cc2)n1. The minimum atomic E-state index is -0.297. The lowest BCUT2D eigenvalue weighted by Crippen LogP contribution is -2.19. The maximum Gasteiger partial charge on any atom is 0.256 e. The molecule has 0 bridgehead atoms. The molecule has 2 N–H and O–H groups in total. The summed E-state index contributed by atoms with van der Waals surface area (Å²) in [6, 6.07) is 10.1. The van der Waals surface area contributed by atoms with E-state index in [2.05, 4.69) is 20.4 Å². The average molecular weight is 395 g/mol. The topological polar surface area (TPSA) is 102 Å². The maximum absolute atomic E-state index is 12.7. The van der Waals surface area contributed by atoms with E-state index in [9.17, 15) is 9.59 Å². The highest BCUT2D eigenvalue weighted by molar-refractivity contribution is 6.04. The number of hydrogen-bond donors (Lipinski definition) is 2. The van der Waals surface area contributed by atoms with Crippen molar-refractivity contribution in [3.63, 3.8) is 0 Å². The van der Waals surface area contributed by atoms with Gasteiger partial charge >= 0.3 is 0 Å². The van der Waals surface area contributed by atoms with Gasteiger partial charge in [0.15, 0.2) is 0 Å². The van der Waals surface area contributed by atoms with E-state index >= 15 is 0 Å². The minimum Gasteiger partial charge on any atom is -0.491 e. The molecule has 2 heterocycles. The van der Waals surface area contributed by atoms with Crippen LogP contribution < -0.4 is 15.6 Å². The Hall–Kier alpha value is -3.42. The van der Waals surface area contributed by atoms with Crippen LogP contribution in [-0.4, -0.2) is 31.8 Å². The number of hydrogen-bond acceptors (Lipinski definition) is 5. The van der Waals surface area contributed by atoms with E-state index in [-0.39, 0.29) is 23.5 Å². The molecule has 0 radical (unpaired) electrons. The van der Waals surface area contributed by atoms with Crippen LogP contribution in [-0.2, 0) is 6.42 Å². The Kier molecular flexibility index (Phi) is 6.11. The van der Waals surface area contributed by atoms with Crippen molar-refractivity contribution in [3.05, 3.63) is 63.7 Å². The predicted molar refractivity (Wildman–Crippen MR) is 111 cm³/mol. The van der Waals surface area contributed by atoms with E-state index in [1.807, 2.05) is 20.8 Å². The highest BCUT2D eigenvalue weighted by Gasteiger charge is 2.15. The van der Waals surface area contributed by atoms with Crippen molar-refractivity contribution < 1.29 is 9.53 Å². The average Bonchev–Trinajstić information content (AvgIpc) is 3.02. The van der Waals surface area contributed by atoms with Crippen LogP contribution in [0.3, 0.4) is 0 Å². The zero-order chi connectivity index (χ0) is 21.0. The van der Waals surface area contributed by atoms with Gasteiger partial charge in [0.2, 0.25) is 5.95 Å². The van der Waals surface area contributed by atoms with Gasteiger partial charge in [0.05, 0.1) is 11.8 Å². The summed E-state index contributed by atoms with van der Waals surface area (Å²) < 4.78 is 7.04. The third kappa shape index (κ3) is 5.10. The second kappa shape index (κ2) is 8.72. The molecule has 0 atom stereocenters. The second-order valence-corrected chi connectivity index (χ2v) is 7.04. The van der Waals surface area contributed by atoms with Crippen molar-refractivity contribution in [2.45, 2.75) is 46.6 Å². The molecule has 2 aromatic heterocycles. The van der Waals surface area contributed by atoms with Gasteiger partial charge in [-0.25, -0.2) is 4.98 Å². The van der Waals surface area contributed by atoms with Gasteiger partial charge in [-0.3, -0.25) is 14.6 Å². The van der Waals surface area contributed by atoms with Crippen molar-refractivity contribution in [1.29, 1.82) is 0 Å². The van der Waals surface area contributed by atoms with Gasteiger partial charge < -0.3 is 10.1 Å². The van der Waals surface area contributed by atoms with E-state index in [1.54, 1.807) is 37.3 Å². The fourth-order valence-corrected chi connectivity index (χ4v) is 2.87. The number of anilines is 1. The number of benzene rings is 1. The van der Waals surface area contributed by atoms with Gasteiger partial charge in [-0.2, -0.15) is 9.78 Å². The molecular weight excluding hydrogens is 370 g/mol. The number of carbonyl (C=O) groups is 1. The molecule has 3 rings (SSSR count). The molecule has 0 saturated carbocycles. The van der Waals surface area contributed by atoms with Gasteiger partial charge in [0, 0.05) is 23.4 Å². The number of amides is 1. The highest BCUT2D eigenvalue weighted by Crippen LogP contribution is 2.18. The molecule has 0 aliphatic heterocycles. The molecule has 8 heteroatoms. The monoisotopic (exact) mass is 395 g/mol. The van der Waals surface area contributed by atoms with Crippen LogP contribution in [0.4, 0.5) is 5.82 Å². The van der Waals surface area contributed by atoms with Gasteiger partial charge in [-0.1, -0.05) is 13.3 Å². The number of carbonyl (C=O) groups excluding carboxylic acids is 1. The Bertz CT molecular complexity index is 1050. The van der Waals surface area contributed by atoms with Crippen LogP contribution in [0, 0.1) is 6.92 Å². The summed E-state index contributed by atoms with van der Waals surface area (Å²) in [5, 5.41) is 7.20. The van der Waals surface area contributed by atoms with Gasteiger partial charge in [-0.15, -0.1) is 0 Å². The molecule has 1 aromatic carbocycles. The first-order chi connectivity index (χ1) is 13.9. The fourth-order valence-electron chi connectivity index (χ4n) is 2.87. The number of rotatable bonds is 7. The predicted octanol–water partition coefficient (Wildman–Crippen LogP) is 3.26. The first-order valence-electron chi connectivity index (χ1n) is 9.61. The summed E-state index contributed by atoms with van der Waals surface area (Å²) in [6.07, 6.45) is 1.61. The molecule has 0 saturated heterocycles. The summed E-state index contributed by atoms with van der Waals surface area (Å²) >= 11 is 0. The highest BCUT2D eigenvalue weighted by atomic mass is 16.5. The lowest BCUT2D eigenvalue weighted by atomic mass is 10.2. The lowest BCUT2D eigenvalue weighted by molar-refractivity contribution is 0.102.